The Balaban J connectivity index is 1.91. The number of halogens is 1. The molecule has 2 aromatic carbocycles. The molecule has 0 aliphatic rings. The first-order valence-corrected chi connectivity index (χ1v) is 11.6. The molecule has 2 atom stereocenters. The smallest absolute Gasteiger partial charge is 0.220 e. The van der Waals surface area contributed by atoms with E-state index in [1.165, 1.54) is 11.2 Å². The third kappa shape index (κ3) is 6.04. The zero-order chi connectivity index (χ0) is 24.0. The number of rotatable bonds is 10. The average Bonchev–Trinajstić information content (AvgIpc) is 2.84. The molecule has 0 bridgehead atoms. The average molecular weight is 476 g/mol. The van der Waals surface area contributed by atoms with Gasteiger partial charge in [0.25, 0.3) is 0 Å². The molecule has 1 N–H and O–H groups in total. The molecule has 0 saturated carbocycles. The summed E-state index contributed by atoms with van der Waals surface area (Å²) in [5.74, 6) is 0.463. The predicted octanol–water partition coefficient (Wildman–Crippen LogP) is 3.09. The summed E-state index contributed by atoms with van der Waals surface area (Å²) in [4.78, 5) is 7.46. The van der Waals surface area contributed by atoms with Crippen molar-refractivity contribution in [3.05, 3.63) is 83.7 Å². The van der Waals surface area contributed by atoms with Crippen LogP contribution in [-0.2, 0) is 23.1 Å². The molecule has 10 heteroatoms. The molecule has 33 heavy (non-hydrogen) atoms. The highest BCUT2D eigenvalue weighted by molar-refractivity contribution is 7.89. The zero-order valence-electron chi connectivity index (χ0n) is 18.6. The van der Waals surface area contributed by atoms with E-state index < -0.39 is 27.2 Å². The van der Waals surface area contributed by atoms with Crippen LogP contribution in [0.1, 0.15) is 30.0 Å². The van der Waals surface area contributed by atoms with Gasteiger partial charge < -0.3 is 14.6 Å². The van der Waals surface area contributed by atoms with Crippen molar-refractivity contribution in [1.82, 2.24) is 14.3 Å². The summed E-state index contributed by atoms with van der Waals surface area (Å²) in [6.07, 6.45) is 0.235. The van der Waals surface area contributed by atoms with E-state index in [9.17, 15) is 17.9 Å². The van der Waals surface area contributed by atoms with Crippen molar-refractivity contribution in [2.45, 2.75) is 31.4 Å². The van der Waals surface area contributed by atoms with Gasteiger partial charge in [-0.25, -0.2) is 22.8 Å². The third-order valence-corrected chi connectivity index (χ3v) is 7.39. The summed E-state index contributed by atoms with van der Waals surface area (Å²) in [6, 6.07) is 14.1. The van der Waals surface area contributed by atoms with Crippen LogP contribution in [-0.4, -0.2) is 47.3 Å². The lowest BCUT2D eigenvalue weighted by atomic mass is 10.2. The summed E-state index contributed by atoms with van der Waals surface area (Å²) in [5.41, 5.74) is 1.49. The minimum absolute atomic E-state index is 0.0691. The molecule has 3 rings (SSSR count). The SMILES string of the molecule is COc1ccc(CN(Cc2ccc(OC)cc2)S(=O)(=O)[C@@H](C)[C@@H](O)c2ncc(F)cn2)cc1. The Labute approximate surface area is 192 Å². The summed E-state index contributed by atoms with van der Waals surface area (Å²) in [5, 5.41) is 9.37. The second-order valence-electron chi connectivity index (χ2n) is 7.42. The number of sulfonamides is 1. The number of aliphatic hydroxyl groups excluding tert-OH is 1. The molecule has 0 amide bonds. The fourth-order valence-electron chi connectivity index (χ4n) is 3.19. The molecule has 1 heterocycles. The lowest BCUT2D eigenvalue weighted by molar-refractivity contribution is 0.162. The van der Waals surface area contributed by atoms with E-state index in [0.29, 0.717) is 11.5 Å². The maximum atomic E-state index is 13.6. The van der Waals surface area contributed by atoms with E-state index in [2.05, 4.69) is 9.97 Å². The van der Waals surface area contributed by atoms with Gasteiger partial charge >= 0.3 is 0 Å². The Bertz CT molecular complexity index is 1090. The van der Waals surface area contributed by atoms with Crippen LogP contribution in [0.4, 0.5) is 4.39 Å². The lowest BCUT2D eigenvalue weighted by Crippen LogP contribution is -2.40. The van der Waals surface area contributed by atoms with E-state index in [0.717, 1.165) is 23.5 Å². The van der Waals surface area contributed by atoms with Gasteiger partial charge in [0.2, 0.25) is 10.0 Å². The fourth-order valence-corrected chi connectivity index (χ4v) is 4.76. The van der Waals surface area contributed by atoms with Crippen LogP contribution in [0, 0.1) is 5.82 Å². The van der Waals surface area contributed by atoms with Crippen LogP contribution in [0.25, 0.3) is 0 Å². The van der Waals surface area contributed by atoms with Gasteiger partial charge in [0.15, 0.2) is 11.6 Å². The highest BCUT2D eigenvalue weighted by Gasteiger charge is 2.36. The summed E-state index contributed by atoms with van der Waals surface area (Å²) < 4.78 is 51.9. The molecular weight excluding hydrogens is 449 g/mol. The van der Waals surface area contributed by atoms with Gasteiger partial charge in [0, 0.05) is 13.1 Å². The van der Waals surface area contributed by atoms with Crippen molar-refractivity contribution in [2.24, 2.45) is 0 Å². The molecule has 0 spiro atoms. The molecule has 0 saturated heterocycles. The van der Waals surface area contributed by atoms with Gasteiger partial charge in [-0.1, -0.05) is 24.3 Å². The minimum Gasteiger partial charge on any atom is -0.497 e. The van der Waals surface area contributed by atoms with Crippen LogP contribution in [0.5, 0.6) is 11.5 Å². The molecular formula is C23H26FN3O5S. The number of ether oxygens (including phenoxy) is 2. The molecule has 3 aromatic rings. The number of methoxy groups -OCH3 is 2. The Morgan fingerprint density at radius 3 is 1.73 bits per heavy atom. The highest BCUT2D eigenvalue weighted by Crippen LogP contribution is 2.26. The van der Waals surface area contributed by atoms with Crippen molar-refractivity contribution < 1.29 is 27.4 Å². The second kappa shape index (κ2) is 10.7. The number of aromatic nitrogens is 2. The Hall–Kier alpha value is -3.08. The summed E-state index contributed by atoms with van der Waals surface area (Å²) >= 11 is 0. The molecule has 0 aliphatic carbocycles. The molecule has 176 valence electrons. The first-order chi connectivity index (χ1) is 15.7. The number of benzene rings is 2. The number of hydrogen-bond donors (Lipinski definition) is 1. The first-order valence-electron chi connectivity index (χ1n) is 10.1. The maximum absolute atomic E-state index is 13.6. The van der Waals surface area contributed by atoms with Crippen LogP contribution < -0.4 is 9.47 Å². The van der Waals surface area contributed by atoms with Crippen molar-refractivity contribution in [3.63, 3.8) is 0 Å². The van der Waals surface area contributed by atoms with E-state index in [-0.39, 0.29) is 18.9 Å². The molecule has 8 nitrogen and oxygen atoms in total. The monoisotopic (exact) mass is 475 g/mol. The molecule has 0 aliphatic heterocycles. The van der Waals surface area contributed by atoms with Gasteiger partial charge in [-0.15, -0.1) is 0 Å². The van der Waals surface area contributed by atoms with Crippen LogP contribution in [0.15, 0.2) is 60.9 Å². The largest absolute Gasteiger partial charge is 0.497 e. The normalized spacial score (nSPS) is 13.5. The van der Waals surface area contributed by atoms with Crippen LogP contribution in [0.3, 0.4) is 0 Å². The highest BCUT2D eigenvalue weighted by atomic mass is 32.2. The van der Waals surface area contributed by atoms with Gasteiger partial charge in [-0.3, -0.25) is 0 Å². The van der Waals surface area contributed by atoms with E-state index >= 15 is 0 Å². The van der Waals surface area contributed by atoms with Gasteiger partial charge in [-0.05, 0) is 42.3 Å². The zero-order valence-corrected chi connectivity index (χ0v) is 19.4. The van der Waals surface area contributed by atoms with Gasteiger partial charge in [-0.2, -0.15) is 4.31 Å². The Morgan fingerprint density at radius 2 is 1.33 bits per heavy atom. The molecule has 0 radical (unpaired) electrons. The van der Waals surface area contributed by atoms with E-state index in [1.54, 1.807) is 62.8 Å². The topological polar surface area (TPSA) is 102 Å². The third-order valence-electron chi connectivity index (χ3n) is 5.22. The van der Waals surface area contributed by atoms with E-state index in [1.807, 2.05) is 0 Å². The predicted molar refractivity (Wildman–Crippen MR) is 121 cm³/mol. The van der Waals surface area contributed by atoms with Crippen LogP contribution in [0.2, 0.25) is 0 Å². The molecule has 1 aromatic heterocycles. The molecule has 0 unspecified atom stereocenters. The Morgan fingerprint density at radius 1 is 0.909 bits per heavy atom. The minimum atomic E-state index is -4.04. The fraction of sp³-hybridized carbons (Fsp3) is 0.304. The Kier molecular flexibility index (Phi) is 7.96. The van der Waals surface area contributed by atoms with Gasteiger partial charge in [0.05, 0.1) is 26.6 Å². The standard InChI is InChI=1S/C23H26FN3O5S/c1-16(22(28)23-25-12-19(24)13-26-23)33(29,30)27(14-17-4-8-20(31-2)9-5-17)15-18-6-10-21(32-3)11-7-18/h4-13,16,22,28H,14-15H2,1-3H3/t16-,22+/m0/s1. The van der Waals surface area contributed by atoms with Crippen molar-refractivity contribution in [3.8, 4) is 11.5 Å². The second-order valence-corrected chi connectivity index (χ2v) is 9.71. The van der Waals surface area contributed by atoms with E-state index in [4.69, 9.17) is 9.47 Å². The van der Waals surface area contributed by atoms with Crippen molar-refractivity contribution in [2.75, 3.05) is 14.2 Å². The quantitative estimate of drug-likeness (QED) is 0.481. The molecule has 0 fully saturated rings. The number of hydrogen-bond acceptors (Lipinski definition) is 7. The van der Waals surface area contributed by atoms with Crippen molar-refractivity contribution >= 4 is 10.0 Å². The summed E-state index contributed by atoms with van der Waals surface area (Å²) in [7, 11) is -0.936. The van der Waals surface area contributed by atoms with Crippen molar-refractivity contribution in [1.29, 1.82) is 0 Å². The first kappa shape index (κ1) is 24.6. The number of nitrogens with zero attached hydrogens (tertiary/aromatic N) is 3. The lowest BCUT2D eigenvalue weighted by Gasteiger charge is -2.28. The van der Waals surface area contributed by atoms with Gasteiger partial charge in [0.1, 0.15) is 22.9 Å². The van der Waals surface area contributed by atoms with Crippen LogP contribution >= 0.6 is 0 Å². The summed E-state index contributed by atoms with van der Waals surface area (Å²) in [6.45, 7) is 1.52. The number of aliphatic hydroxyl groups is 1. The maximum Gasteiger partial charge on any atom is 0.220 e.